The summed E-state index contributed by atoms with van der Waals surface area (Å²) < 4.78 is 0. The Morgan fingerprint density at radius 1 is 1.26 bits per heavy atom. The molecule has 1 unspecified atom stereocenters. The quantitative estimate of drug-likeness (QED) is 0.830. The van der Waals surface area contributed by atoms with Crippen LogP contribution in [0.2, 0.25) is 0 Å². The number of rotatable bonds is 5. The Morgan fingerprint density at radius 2 is 2.00 bits per heavy atom. The van der Waals surface area contributed by atoms with Crippen LogP contribution in [0.3, 0.4) is 0 Å². The molecule has 1 heterocycles. The van der Waals surface area contributed by atoms with E-state index in [1.807, 2.05) is 0 Å². The molecule has 2 aliphatic rings. The Labute approximate surface area is 118 Å². The third kappa shape index (κ3) is 3.71. The van der Waals surface area contributed by atoms with Crippen molar-refractivity contribution < 1.29 is 4.79 Å². The van der Waals surface area contributed by atoms with Crippen LogP contribution in [0.5, 0.6) is 0 Å². The van der Waals surface area contributed by atoms with Crippen molar-refractivity contribution in [2.24, 2.45) is 5.41 Å². The lowest BCUT2D eigenvalue weighted by atomic mass is 9.74. The summed E-state index contributed by atoms with van der Waals surface area (Å²) in [6.45, 7) is 7.33. The Bertz CT molecular complexity index is 291. The number of hydrogen-bond acceptors (Lipinski definition) is 2. The number of carbonyl (C=O) groups is 1. The summed E-state index contributed by atoms with van der Waals surface area (Å²) in [5, 5.41) is 3.52. The minimum absolute atomic E-state index is 0.0774. The van der Waals surface area contributed by atoms with Crippen LogP contribution in [0.1, 0.15) is 65.2 Å². The van der Waals surface area contributed by atoms with Crippen molar-refractivity contribution in [2.75, 3.05) is 19.6 Å². The zero-order valence-electron chi connectivity index (χ0n) is 12.7. The molecule has 0 aromatic carbocycles. The molecule has 1 amide bonds. The van der Waals surface area contributed by atoms with Gasteiger partial charge >= 0.3 is 0 Å². The van der Waals surface area contributed by atoms with Crippen molar-refractivity contribution in [3.63, 3.8) is 0 Å². The van der Waals surface area contributed by atoms with Gasteiger partial charge in [-0.2, -0.15) is 0 Å². The number of carbonyl (C=O) groups excluding carboxylic acids is 1. The summed E-state index contributed by atoms with van der Waals surface area (Å²) in [5.41, 5.74) is -0.0774. The fourth-order valence-electron chi connectivity index (χ4n) is 3.65. The summed E-state index contributed by atoms with van der Waals surface area (Å²) in [6.07, 6.45) is 9.48. The fraction of sp³-hybridized carbons (Fsp3) is 0.938. The van der Waals surface area contributed by atoms with Crippen LogP contribution in [0.4, 0.5) is 0 Å². The van der Waals surface area contributed by atoms with E-state index in [4.69, 9.17) is 0 Å². The van der Waals surface area contributed by atoms with Crippen molar-refractivity contribution in [1.29, 1.82) is 0 Å². The highest BCUT2D eigenvalue weighted by molar-refractivity contribution is 5.82. The first-order chi connectivity index (χ1) is 9.15. The number of amides is 1. The maximum atomic E-state index is 12.9. The van der Waals surface area contributed by atoms with E-state index in [1.165, 1.54) is 32.1 Å². The second-order valence-corrected chi connectivity index (χ2v) is 6.67. The van der Waals surface area contributed by atoms with Crippen molar-refractivity contribution >= 4 is 5.91 Å². The van der Waals surface area contributed by atoms with Crippen molar-refractivity contribution in [1.82, 2.24) is 10.2 Å². The molecule has 3 heteroatoms. The van der Waals surface area contributed by atoms with Crippen LogP contribution < -0.4 is 5.32 Å². The van der Waals surface area contributed by atoms with Crippen LogP contribution in [0, 0.1) is 5.41 Å². The Morgan fingerprint density at radius 3 is 2.58 bits per heavy atom. The second-order valence-electron chi connectivity index (χ2n) is 6.67. The average Bonchev–Trinajstić information content (AvgIpc) is 2.91. The summed E-state index contributed by atoms with van der Waals surface area (Å²) in [5.74, 6) is 0.419. The van der Waals surface area contributed by atoms with Crippen LogP contribution in [0.25, 0.3) is 0 Å². The Kier molecular flexibility index (Phi) is 5.26. The molecule has 1 aliphatic carbocycles. The molecule has 0 bridgehead atoms. The SMILES string of the molecule is CCCN(CC1CCCN1)C(=O)C1(C)CCCCC1. The molecule has 0 spiro atoms. The van der Waals surface area contributed by atoms with Crippen LogP contribution >= 0.6 is 0 Å². The zero-order chi connectivity index (χ0) is 13.7. The zero-order valence-corrected chi connectivity index (χ0v) is 12.7. The first-order valence-corrected chi connectivity index (χ1v) is 8.18. The lowest BCUT2D eigenvalue weighted by Crippen LogP contribution is -2.48. The van der Waals surface area contributed by atoms with Crippen molar-refractivity contribution in [2.45, 2.75) is 71.3 Å². The standard InChI is InChI=1S/C16H30N2O/c1-3-12-18(13-14-8-7-11-17-14)15(19)16(2)9-5-4-6-10-16/h14,17H,3-13H2,1-2H3. The Hall–Kier alpha value is -0.570. The highest BCUT2D eigenvalue weighted by atomic mass is 16.2. The Balaban J connectivity index is 1.97. The number of nitrogens with one attached hydrogen (secondary N) is 1. The molecule has 2 rings (SSSR count). The van der Waals surface area contributed by atoms with Gasteiger partial charge in [-0.25, -0.2) is 0 Å². The van der Waals surface area contributed by atoms with Crippen molar-refractivity contribution in [3.05, 3.63) is 0 Å². The van der Waals surface area contributed by atoms with E-state index >= 15 is 0 Å². The molecule has 0 radical (unpaired) electrons. The highest BCUT2D eigenvalue weighted by Gasteiger charge is 2.38. The summed E-state index contributed by atoms with van der Waals surface area (Å²) in [4.78, 5) is 15.0. The smallest absolute Gasteiger partial charge is 0.228 e. The molecule has 1 aliphatic heterocycles. The molecule has 0 aromatic rings. The van der Waals surface area contributed by atoms with E-state index in [2.05, 4.69) is 24.1 Å². The molecular weight excluding hydrogens is 236 g/mol. The minimum Gasteiger partial charge on any atom is -0.341 e. The number of nitrogens with zero attached hydrogens (tertiary/aromatic N) is 1. The largest absolute Gasteiger partial charge is 0.341 e. The van der Waals surface area contributed by atoms with Gasteiger partial charge in [0.1, 0.15) is 0 Å². The molecule has 1 N–H and O–H groups in total. The molecule has 110 valence electrons. The predicted molar refractivity (Wildman–Crippen MR) is 79.1 cm³/mol. The van der Waals surface area contributed by atoms with Gasteiger partial charge in [0.2, 0.25) is 5.91 Å². The topological polar surface area (TPSA) is 32.3 Å². The second kappa shape index (κ2) is 6.74. The lowest BCUT2D eigenvalue weighted by Gasteiger charge is -2.38. The van der Waals surface area contributed by atoms with Gasteiger partial charge in [0.25, 0.3) is 0 Å². The lowest BCUT2D eigenvalue weighted by molar-refractivity contribution is -0.143. The normalized spacial score (nSPS) is 26.3. The highest BCUT2D eigenvalue weighted by Crippen LogP contribution is 2.37. The predicted octanol–water partition coefficient (Wildman–Crippen LogP) is 2.95. The molecule has 1 saturated carbocycles. The van der Waals surface area contributed by atoms with E-state index in [9.17, 15) is 4.79 Å². The summed E-state index contributed by atoms with van der Waals surface area (Å²) in [7, 11) is 0. The molecule has 19 heavy (non-hydrogen) atoms. The van der Waals surface area contributed by atoms with Gasteiger partial charge in [0.15, 0.2) is 0 Å². The summed E-state index contributed by atoms with van der Waals surface area (Å²) >= 11 is 0. The van der Waals surface area contributed by atoms with Crippen molar-refractivity contribution in [3.8, 4) is 0 Å². The van der Waals surface area contributed by atoms with Gasteiger partial charge in [-0.05, 0) is 38.6 Å². The van der Waals surface area contributed by atoms with Gasteiger partial charge in [0.05, 0.1) is 0 Å². The van der Waals surface area contributed by atoms with Gasteiger partial charge in [-0.1, -0.05) is 33.1 Å². The van der Waals surface area contributed by atoms with E-state index in [-0.39, 0.29) is 5.41 Å². The molecule has 1 saturated heterocycles. The number of hydrogen-bond donors (Lipinski definition) is 1. The molecule has 3 nitrogen and oxygen atoms in total. The summed E-state index contributed by atoms with van der Waals surface area (Å²) in [6, 6.07) is 0.530. The van der Waals surface area contributed by atoms with E-state index < -0.39 is 0 Å². The van der Waals surface area contributed by atoms with E-state index in [0.29, 0.717) is 11.9 Å². The monoisotopic (exact) mass is 266 g/mol. The van der Waals surface area contributed by atoms with Gasteiger partial charge in [-0.15, -0.1) is 0 Å². The van der Waals surface area contributed by atoms with E-state index in [0.717, 1.165) is 38.9 Å². The van der Waals surface area contributed by atoms with Crippen LogP contribution in [0.15, 0.2) is 0 Å². The van der Waals surface area contributed by atoms with E-state index in [1.54, 1.807) is 0 Å². The third-order valence-corrected chi connectivity index (χ3v) is 4.86. The van der Waals surface area contributed by atoms with Crippen LogP contribution in [-0.2, 0) is 4.79 Å². The fourth-order valence-corrected chi connectivity index (χ4v) is 3.65. The average molecular weight is 266 g/mol. The molecule has 2 fully saturated rings. The van der Waals surface area contributed by atoms with Gasteiger partial charge < -0.3 is 10.2 Å². The van der Waals surface area contributed by atoms with Gasteiger partial charge in [0, 0.05) is 24.5 Å². The molecular formula is C16H30N2O. The first kappa shape index (κ1) is 14.8. The maximum absolute atomic E-state index is 12.9. The first-order valence-electron chi connectivity index (χ1n) is 8.18. The minimum atomic E-state index is -0.0774. The maximum Gasteiger partial charge on any atom is 0.228 e. The van der Waals surface area contributed by atoms with Crippen LogP contribution in [-0.4, -0.2) is 36.5 Å². The van der Waals surface area contributed by atoms with Gasteiger partial charge in [-0.3, -0.25) is 4.79 Å². The molecule has 1 atom stereocenters. The third-order valence-electron chi connectivity index (χ3n) is 4.86. The molecule has 0 aromatic heterocycles.